The Hall–Kier alpha value is -2.74. The Balaban J connectivity index is 1.94. The van der Waals surface area contributed by atoms with Gasteiger partial charge in [-0.2, -0.15) is 5.06 Å². The molecule has 1 aromatic carbocycles. The number of amides is 3. The number of benzene rings is 1. The standard InChI is InChI=1S/C17H20N2O6/c1-17(2,3)25-16(23)18-11-6-4-10(5-7-11)8-13(20)12-9-14(21)19(24)15(12)22/h4-7,12,24H,8-9H2,1-3H3,(H,18,23). The summed E-state index contributed by atoms with van der Waals surface area (Å²) in [6.07, 6.45) is -0.953. The fraction of sp³-hybridized carbons (Fsp3) is 0.412. The molecule has 3 amide bonds. The van der Waals surface area contributed by atoms with Crippen molar-refractivity contribution in [1.29, 1.82) is 0 Å². The van der Waals surface area contributed by atoms with Crippen LogP contribution >= 0.6 is 0 Å². The van der Waals surface area contributed by atoms with Crippen LogP contribution in [0.3, 0.4) is 0 Å². The number of nitrogens with one attached hydrogen (secondary N) is 1. The van der Waals surface area contributed by atoms with Gasteiger partial charge in [-0.3, -0.25) is 24.9 Å². The fourth-order valence-electron chi connectivity index (χ4n) is 2.32. The Morgan fingerprint density at radius 3 is 2.32 bits per heavy atom. The number of hydrogen-bond donors (Lipinski definition) is 2. The van der Waals surface area contributed by atoms with Gasteiger partial charge in [0.25, 0.3) is 11.8 Å². The first-order chi connectivity index (χ1) is 11.6. The van der Waals surface area contributed by atoms with Crippen molar-refractivity contribution in [1.82, 2.24) is 5.06 Å². The van der Waals surface area contributed by atoms with E-state index in [-0.39, 0.29) is 17.9 Å². The maximum absolute atomic E-state index is 12.1. The summed E-state index contributed by atoms with van der Waals surface area (Å²) in [5.74, 6) is -3.25. The molecule has 2 rings (SSSR count). The first-order valence-corrected chi connectivity index (χ1v) is 7.74. The highest BCUT2D eigenvalue weighted by Crippen LogP contribution is 2.21. The Morgan fingerprint density at radius 2 is 1.84 bits per heavy atom. The van der Waals surface area contributed by atoms with E-state index in [1.165, 1.54) is 0 Å². The molecule has 1 aliphatic rings. The van der Waals surface area contributed by atoms with Gasteiger partial charge in [-0.05, 0) is 38.5 Å². The molecular weight excluding hydrogens is 328 g/mol. The average molecular weight is 348 g/mol. The van der Waals surface area contributed by atoms with Crippen LogP contribution in [0.15, 0.2) is 24.3 Å². The predicted octanol–water partition coefficient (Wildman–Crippen LogP) is 1.91. The van der Waals surface area contributed by atoms with E-state index in [4.69, 9.17) is 4.74 Å². The second-order valence-electron chi connectivity index (χ2n) is 6.77. The molecule has 0 saturated carbocycles. The summed E-state index contributed by atoms with van der Waals surface area (Å²) in [6, 6.07) is 6.46. The van der Waals surface area contributed by atoms with Gasteiger partial charge < -0.3 is 4.74 Å². The zero-order valence-electron chi connectivity index (χ0n) is 14.2. The number of Topliss-reactive ketones (excluding diaryl/α,β-unsaturated/α-hetero) is 1. The van der Waals surface area contributed by atoms with Gasteiger partial charge in [0.05, 0.1) is 0 Å². The molecule has 8 nitrogen and oxygen atoms in total. The molecule has 0 aromatic heterocycles. The minimum absolute atomic E-state index is 0.00355. The van der Waals surface area contributed by atoms with Crippen molar-refractivity contribution in [3.05, 3.63) is 29.8 Å². The fourth-order valence-corrected chi connectivity index (χ4v) is 2.32. The van der Waals surface area contributed by atoms with Gasteiger partial charge in [-0.25, -0.2) is 4.79 Å². The smallest absolute Gasteiger partial charge is 0.412 e. The zero-order valence-corrected chi connectivity index (χ0v) is 14.2. The number of carbonyl (C=O) groups excluding carboxylic acids is 4. The van der Waals surface area contributed by atoms with Crippen molar-refractivity contribution in [2.24, 2.45) is 5.92 Å². The van der Waals surface area contributed by atoms with Crippen LogP contribution in [-0.4, -0.2) is 39.6 Å². The van der Waals surface area contributed by atoms with Gasteiger partial charge >= 0.3 is 6.09 Å². The molecule has 1 heterocycles. The van der Waals surface area contributed by atoms with Crippen LogP contribution in [0.1, 0.15) is 32.8 Å². The molecule has 8 heteroatoms. The van der Waals surface area contributed by atoms with Crippen molar-refractivity contribution >= 4 is 29.4 Å². The van der Waals surface area contributed by atoms with Gasteiger partial charge in [-0.15, -0.1) is 0 Å². The Morgan fingerprint density at radius 1 is 1.24 bits per heavy atom. The molecule has 1 aliphatic heterocycles. The summed E-state index contributed by atoms with van der Waals surface area (Å²) in [6.45, 7) is 5.26. The van der Waals surface area contributed by atoms with E-state index in [2.05, 4.69) is 5.32 Å². The lowest BCUT2D eigenvalue weighted by Crippen LogP contribution is -2.29. The van der Waals surface area contributed by atoms with Gasteiger partial charge in [0.1, 0.15) is 17.3 Å². The Bertz CT molecular complexity index is 705. The number of imide groups is 1. The molecule has 1 aromatic rings. The number of anilines is 1. The third-order valence-corrected chi connectivity index (χ3v) is 3.49. The Kier molecular flexibility index (Phi) is 5.22. The molecule has 1 atom stereocenters. The van der Waals surface area contributed by atoms with Crippen LogP contribution in [0.2, 0.25) is 0 Å². The summed E-state index contributed by atoms with van der Waals surface area (Å²) in [4.78, 5) is 46.7. The maximum atomic E-state index is 12.1. The van der Waals surface area contributed by atoms with Crippen LogP contribution in [0.4, 0.5) is 10.5 Å². The number of rotatable bonds is 4. The van der Waals surface area contributed by atoms with E-state index in [0.717, 1.165) is 0 Å². The third-order valence-electron chi connectivity index (χ3n) is 3.49. The monoisotopic (exact) mass is 348 g/mol. The van der Waals surface area contributed by atoms with Crippen LogP contribution in [0.25, 0.3) is 0 Å². The first-order valence-electron chi connectivity index (χ1n) is 7.74. The highest BCUT2D eigenvalue weighted by molar-refractivity contribution is 6.13. The lowest BCUT2D eigenvalue weighted by atomic mass is 9.96. The van der Waals surface area contributed by atoms with E-state index >= 15 is 0 Å². The van der Waals surface area contributed by atoms with Gasteiger partial charge in [0, 0.05) is 18.5 Å². The minimum Gasteiger partial charge on any atom is -0.444 e. The molecular formula is C17H20N2O6. The lowest BCUT2D eigenvalue weighted by molar-refractivity contribution is -0.172. The molecule has 134 valence electrons. The van der Waals surface area contributed by atoms with Crippen molar-refractivity contribution in [3.63, 3.8) is 0 Å². The van der Waals surface area contributed by atoms with Gasteiger partial charge in [0.2, 0.25) is 0 Å². The van der Waals surface area contributed by atoms with E-state index < -0.39 is 35.2 Å². The van der Waals surface area contributed by atoms with Crippen LogP contribution in [0.5, 0.6) is 0 Å². The summed E-state index contributed by atoms with van der Waals surface area (Å²) in [7, 11) is 0. The lowest BCUT2D eigenvalue weighted by Gasteiger charge is -2.19. The molecule has 0 bridgehead atoms. The number of hydrogen-bond acceptors (Lipinski definition) is 6. The number of nitrogens with zero attached hydrogens (tertiary/aromatic N) is 1. The topological polar surface area (TPSA) is 113 Å². The van der Waals surface area contributed by atoms with Crippen molar-refractivity contribution in [2.75, 3.05) is 5.32 Å². The first kappa shape index (κ1) is 18.6. The Labute approximate surface area is 144 Å². The summed E-state index contributed by atoms with van der Waals surface area (Å²) < 4.78 is 5.13. The molecule has 1 unspecified atom stereocenters. The molecule has 1 fully saturated rings. The quantitative estimate of drug-likeness (QED) is 0.488. The SMILES string of the molecule is CC(C)(C)OC(=O)Nc1ccc(CC(=O)C2CC(=O)N(O)C2=O)cc1. The molecule has 2 N–H and O–H groups in total. The van der Waals surface area contributed by atoms with Gasteiger partial charge in [0.15, 0.2) is 0 Å². The van der Waals surface area contributed by atoms with E-state index in [1.807, 2.05) is 0 Å². The number of ether oxygens (including phenoxy) is 1. The predicted molar refractivity (Wildman–Crippen MR) is 86.8 cm³/mol. The summed E-state index contributed by atoms with van der Waals surface area (Å²) in [5, 5.41) is 11.7. The van der Waals surface area contributed by atoms with Crippen LogP contribution < -0.4 is 5.32 Å². The normalized spacial score (nSPS) is 17.6. The summed E-state index contributed by atoms with van der Waals surface area (Å²) in [5.41, 5.74) is 0.512. The number of hydroxylamine groups is 2. The van der Waals surface area contributed by atoms with E-state index in [9.17, 15) is 24.4 Å². The number of carbonyl (C=O) groups is 4. The highest BCUT2D eigenvalue weighted by Gasteiger charge is 2.42. The highest BCUT2D eigenvalue weighted by atomic mass is 16.6. The second-order valence-corrected chi connectivity index (χ2v) is 6.77. The maximum Gasteiger partial charge on any atom is 0.412 e. The third kappa shape index (κ3) is 4.87. The minimum atomic E-state index is -1.14. The van der Waals surface area contributed by atoms with Crippen molar-refractivity contribution in [3.8, 4) is 0 Å². The molecule has 0 spiro atoms. The second kappa shape index (κ2) is 7.02. The average Bonchev–Trinajstić information content (AvgIpc) is 2.75. The van der Waals surface area contributed by atoms with Crippen LogP contribution in [-0.2, 0) is 25.5 Å². The molecule has 0 radical (unpaired) electrons. The van der Waals surface area contributed by atoms with Crippen molar-refractivity contribution < 1.29 is 29.1 Å². The largest absolute Gasteiger partial charge is 0.444 e. The zero-order chi connectivity index (χ0) is 18.8. The molecule has 0 aliphatic carbocycles. The molecule has 1 saturated heterocycles. The van der Waals surface area contributed by atoms with E-state index in [1.54, 1.807) is 45.0 Å². The van der Waals surface area contributed by atoms with Crippen molar-refractivity contribution in [2.45, 2.75) is 39.2 Å². The van der Waals surface area contributed by atoms with Gasteiger partial charge in [-0.1, -0.05) is 12.1 Å². The number of ketones is 1. The summed E-state index contributed by atoms with van der Waals surface area (Å²) >= 11 is 0. The van der Waals surface area contributed by atoms with Crippen LogP contribution in [0, 0.1) is 5.92 Å². The van der Waals surface area contributed by atoms with E-state index in [0.29, 0.717) is 11.3 Å². The molecule has 25 heavy (non-hydrogen) atoms.